The average molecular weight is 198 g/mol. The van der Waals surface area contributed by atoms with E-state index >= 15 is 0 Å². The van der Waals surface area contributed by atoms with Gasteiger partial charge < -0.3 is 10.6 Å². The van der Waals surface area contributed by atoms with Crippen molar-refractivity contribution in [3.63, 3.8) is 0 Å². The fraction of sp³-hybridized carbons (Fsp3) is 1.00. The number of nitrogens with one attached hydrogen (secondary N) is 2. The van der Waals surface area contributed by atoms with Gasteiger partial charge in [0.05, 0.1) is 0 Å². The second kappa shape index (κ2) is 5.72. The van der Waals surface area contributed by atoms with Gasteiger partial charge in [-0.2, -0.15) is 0 Å². The molecule has 1 fully saturated rings. The molecule has 1 atom stereocenters. The zero-order valence-electron chi connectivity index (χ0n) is 10.0. The van der Waals surface area contributed by atoms with Crippen LogP contribution in [0.2, 0.25) is 0 Å². The van der Waals surface area contributed by atoms with E-state index < -0.39 is 0 Å². The highest BCUT2D eigenvalue weighted by atomic mass is 14.9. The maximum atomic E-state index is 3.54. The normalized spacial score (nSPS) is 23.8. The summed E-state index contributed by atoms with van der Waals surface area (Å²) in [6.45, 7) is 11.6. The summed E-state index contributed by atoms with van der Waals surface area (Å²) in [5, 5.41) is 7.01. The Balaban J connectivity index is 1.97. The maximum Gasteiger partial charge on any atom is -0.0000123 e. The molecule has 0 saturated carbocycles. The first-order chi connectivity index (χ1) is 6.58. The lowest BCUT2D eigenvalue weighted by Crippen LogP contribution is -2.33. The van der Waals surface area contributed by atoms with Crippen LogP contribution >= 0.6 is 0 Å². The molecule has 1 rings (SSSR count). The Morgan fingerprint density at radius 2 is 2.14 bits per heavy atom. The fourth-order valence-electron chi connectivity index (χ4n) is 1.94. The molecule has 1 aliphatic heterocycles. The van der Waals surface area contributed by atoms with Crippen LogP contribution in [0.15, 0.2) is 0 Å². The van der Waals surface area contributed by atoms with Crippen molar-refractivity contribution in [2.24, 2.45) is 11.3 Å². The summed E-state index contributed by atoms with van der Waals surface area (Å²) in [4.78, 5) is 0. The molecule has 1 heterocycles. The molecule has 1 unspecified atom stereocenters. The van der Waals surface area contributed by atoms with Gasteiger partial charge in [0.1, 0.15) is 0 Å². The fourth-order valence-corrected chi connectivity index (χ4v) is 1.94. The Kier molecular flexibility index (Phi) is 4.90. The van der Waals surface area contributed by atoms with Crippen molar-refractivity contribution in [3.05, 3.63) is 0 Å². The summed E-state index contributed by atoms with van der Waals surface area (Å²) in [6.07, 6.45) is 4.12. The van der Waals surface area contributed by atoms with E-state index in [1.807, 2.05) is 0 Å². The van der Waals surface area contributed by atoms with Crippen molar-refractivity contribution in [1.82, 2.24) is 10.6 Å². The van der Waals surface area contributed by atoms with Crippen LogP contribution in [0.4, 0.5) is 0 Å². The van der Waals surface area contributed by atoms with Gasteiger partial charge in [0.2, 0.25) is 0 Å². The highest BCUT2D eigenvalue weighted by molar-refractivity contribution is 4.71. The lowest BCUT2D eigenvalue weighted by atomic mass is 9.95. The maximum absolute atomic E-state index is 3.54. The van der Waals surface area contributed by atoms with E-state index in [1.54, 1.807) is 0 Å². The number of piperidine rings is 1. The monoisotopic (exact) mass is 198 g/mol. The Bertz CT molecular complexity index is 143. The third-order valence-corrected chi connectivity index (χ3v) is 2.78. The highest BCUT2D eigenvalue weighted by Gasteiger charge is 2.13. The van der Waals surface area contributed by atoms with Crippen LogP contribution in [0.25, 0.3) is 0 Å². The molecule has 2 nitrogen and oxygen atoms in total. The number of hydrogen-bond donors (Lipinski definition) is 2. The van der Waals surface area contributed by atoms with Gasteiger partial charge in [0.15, 0.2) is 0 Å². The average Bonchev–Trinajstić information content (AvgIpc) is 2.13. The topological polar surface area (TPSA) is 24.1 Å². The van der Waals surface area contributed by atoms with Crippen LogP contribution in [-0.4, -0.2) is 26.2 Å². The standard InChI is InChI=1S/C12H26N2/c1-12(2,3)10-14-8-6-11-5-4-7-13-9-11/h11,13-14H,4-10H2,1-3H3. The first-order valence-electron chi connectivity index (χ1n) is 5.99. The summed E-state index contributed by atoms with van der Waals surface area (Å²) in [5.74, 6) is 0.913. The third-order valence-electron chi connectivity index (χ3n) is 2.78. The van der Waals surface area contributed by atoms with E-state index in [-0.39, 0.29) is 0 Å². The zero-order chi connectivity index (χ0) is 10.4. The van der Waals surface area contributed by atoms with Crippen LogP contribution in [-0.2, 0) is 0 Å². The van der Waals surface area contributed by atoms with E-state index in [1.165, 1.54) is 38.9 Å². The largest absolute Gasteiger partial charge is 0.316 e. The molecule has 0 aromatic heterocycles. The molecule has 1 aliphatic rings. The smallest absolute Gasteiger partial charge is 0.0000123 e. The van der Waals surface area contributed by atoms with Crippen LogP contribution in [0, 0.1) is 11.3 Å². The molecular formula is C12H26N2. The highest BCUT2D eigenvalue weighted by Crippen LogP contribution is 2.14. The molecule has 0 amide bonds. The lowest BCUT2D eigenvalue weighted by Gasteiger charge is -2.24. The molecule has 0 aliphatic carbocycles. The molecule has 0 bridgehead atoms. The molecule has 14 heavy (non-hydrogen) atoms. The molecule has 2 N–H and O–H groups in total. The Morgan fingerprint density at radius 1 is 1.36 bits per heavy atom. The minimum Gasteiger partial charge on any atom is -0.316 e. The first-order valence-corrected chi connectivity index (χ1v) is 5.99. The number of rotatable bonds is 4. The molecule has 0 spiro atoms. The minimum absolute atomic E-state index is 0.421. The second-order valence-corrected chi connectivity index (χ2v) is 5.74. The molecule has 1 saturated heterocycles. The molecule has 0 radical (unpaired) electrons. The minimum atomic E-state index is 0.421. The summed E-state index contributed by atoms with van der Waals surface area (Å²) >= 11 is 0. The Hall–Kier alpha value is -0.0800. The van der Waals surface area contributed by atoms with Gasteiger partial charge in [0, 0.05) is 0 Å². The predicted molar refractivity (Wildman–Crippen MR) is 62.5 cm³/mol. The summed E-state index contributed by atoms with van der Waals surface area (Å²) in [5.41, 5.74) is 0.421. The van der Waals surface area contributed by atoms with Crippen LogP contribution in [0.1, 0.15) is 40.0 Å². The van der Waals surface area contributed by atoms with Gasteiger partial charge in [0.25, 0.3) is 0 Å². The van der Waals surface area contributed by atoms with Crippen molar-refractivity contribution < 1.29 is 0 Å². The van der Waals surface area contributed by atoms with Gasteiger partial charge in [-0.05, 0) is 56.8 Å². The molecular weight excluding hydrogens is 172 g/mol. The SMILES string of the molecule is CC(C)(C)CNCCC1CCCNC1. The van der Waals surface area contributed by atoms with E-state index in [9.17, 15) is 0 Å². The summed E-state index contributed by atoms with van der Waals surface area (Å²) in [7, 11) is 0. The van der Waals surface area contributed by atoms with Crippen molar-refractivity contribution in [1.29, 1.82) is 0 Å². The Labute approximate surface area is 88.8 Å². The zero-order valence-corrected chi connectivity index (χ0v) is 10.0. The van der Waals surface area contributed by atoms with Crippen LogP contribution in [0.5, 0.6) is 0 Å². The van der Waals surface area contributed by atoms with Gasteiger partial charge >= 0.3 is 0 Å². The van der Waals surface area contributed by atoms with Crippen LogP contribution in [0.3, 0.4) is 0 Å². The summed E-state index contributed by atoms with van der Waals surface area (Å²) < 4.78 is 0. The van der Waals surface area contributed by atoms with Crippen molar-refractivity contribution in [3.8, 4) is 0 Å². The molecule has 0 aromatic rings. The first kappa shape index (κ1) is 12.0. The van der Waals surface area contributed by atoms with E-state index in [4.69, 9.17) is 0 Å². The van der Waals surface area contributed by atoms with Gasteiger partial charge in [-0.1, -0.05) is 20.8 Å². The van der Waals surface area contributed by atoms with Gasteiger partial charge in [-0.15, -0.1) is 0 Å². The molecule has 0 aromatic carbocycles. The number of hydrogen-bond acceptors (Lipinski definition) is 2. The van der Waals surface area contributed by atoms with E-state index in [0.29, 0.717) is 5.41 Å². The van der Waals surface area contributed by atoms with E-state index in [2.05, 4.69) is 31.4 Å². The second-order valence-electron chi connectivity index (χ2n) is 5.74. The van der Waals surface area contributed by atoms with E-state index in [0.717, 1.165) is 12.5 Å². The van der Waals surface area contributed by atoms with Crippen LogP contribution < -0.4 is 10.6 Å². The van der Waals surface area contributed by atoms with Crippen molar-refractivity contribution >= 4 is 0 Å². The quantitative estimate of drug-likeness (QED) is 0.675. The summed E-state index contributed by atoms with van der Waals surface area (Å²) in [6, 6.07) is 0. The molecule has 2 heteroatoms. The molecule has 84 valence electrons. The van der Waals surface area contributed by atoms with Gasteiger partial charge in [-0.25, -0.2) is 0 Å². The van der Waals surface area contributed by atoms with Gasteiger partial charge in [-0.3, -0.25) is 0 Å². The van der Waals surface area contributed by atoms with Crippen molar-refractivity contribution in [2.45, 2.75) is 40.0 Å². The van der Waals surface area contributed by atoms with Crippen molar-refractivity contribution in [2.75, 3.05) is 26.2 Å². The lowest BCUT2D eigenvalue weighted by molar-refractivity contribution is 0.331. The Morgan fingerprint density at radius 3 is 2.71 bits per heavy atom. The predicted octanol–water partition coefficient (Wildman–Crippen LogP) is 2.01. The third kappa shape index (κ3) is 5.61.